The van der Waals surface area contributed by atoms with Crippen molar-refractivity contribution in [2.75, 3.05) is 5.09 Å². The molecule has 0 aliphatic rings. The van der Waals surface area contributed by atoms with Crippen LogP contribution >= 0.6 is 28.4 Å². The monoisotopic (exact) mass is 358 g/mol. The van der Waals surface area contributed by atoms with Crippen molar-refractivity contribution in [1.29, 1.82) is 5.41 Å². The van der Waals surface area contributed by atoms with E-state index in [2.05, 4.69) is 52.8 Å². The molecule has 0 aliphatic heterocycles. The molecule has 0 saturated carbocycles. The summed E-state index contributed by atoms with van der Waals surface area (Å²) in [5.74, 6) is 6.90. The number of hydrogen-bond donors (Lipinski definition) is 2. The topological polar surface area (TPSA) is 35.9 Å². The molecular formula is C13H16IN2P. The van der Waals surface area contributed by atoms with Crippen molar-refractivity contribution in [3.05, 3.63) is 29.3 Å². The van der Waals surface area contributed by atoms with Crippen LogP contribution < -0.4 is 5.09 Å². The molecule has 0 amide bonds. The van der Waals surface area contributed by atoms with Gasteiger partial charge in [-0.05, 0) is 46.2 Å². The molecule has 0 bridgehead atoms. The Bertz CT molecular complexity index is 446. The average molecular weight is 358 g/mol. The minimum atomic E-state index is 0.603. The summed E-state index contributed by atoms with van der Waals surface area (Å²) in [6.07, 6.45) is 2.89. The van der Waals surface area contributed by atoms with Gasteiger partial charge < -0.3 is 10.5 Å². The lowest BCUT2D eigenvalue weighted by Crippen LogP contribution is -1.91. The van der Waals surface area contributed by atoms with Gasteiger partial charge in [0.05, 0.1) is 0 Å². The average Bonchev–Trinajstić information content (AvgIpc) is 2.30. The number of rotatable bonds is 4. The van der Waals surface area contributed by atoms with E-state index in [-0.39, 0.29) is 0 Å². The van der Waals surface area contributed by atoms with Crippen LogP contribution in [0.2, 0.25) is 0 Å². The van der Waals surface area contributed by atoms with Crippen LogP contribution in [0.3, 0.4) is 0 Å². The van der Waals surface area contributed by atoms with Crippen molar-refractivity contribution in [1.82, 2.24) is 0 Å². The maximum Gasteiger partial charge on any atom is 0.0465 e. The summed E-state index contributed by atoms with van der Waals surface area (Å²) in [5.41, 5.74) is 2.87. The Kier molecular flexibility index (Phi) is 6.54. The standard InChI is InChI=1S/C13H16IN2P/c1-10(2)4-3-5-11-6-7-13(16-17-14)12(8-11)9-15/h6-10,15-17H,4H2,1-2H3. The normalized spacial score (nSPS) is 10.4. The lowest BCUT2D eigenvalue weighted by molar-refractivity contribution is 0.676. The first-order valence-electron chi connectivity index (χ1n) is 5.42. The van der Waals surface area contributed by atoms with E-state index in [9.17, 15) is 0 Å². The van der Waals surface area contributed by atoms with Crippen LogP contribution in [0, 0.1) is 23.2 Å². The molecular weight excluding hydrogens is 342 g/mol. The van der Waals surface area contributed by atoms with Crippen LogP contribution in [0.15, 0.2) is 18.2 Å². The van der Waals surface area contributed by atoms with Crippen molar-refractivity contribution >= 4 is 40.3 Å². The summed E-state index contributed by atoms with van der Waals surface area (Å²) < 4.78 is 0. The zero-order valence-corrected chi connectivity index (χ0v) is 13.1. The molecule has 1 aromatic carbocycles. The Hall–Kier alpha value is -0.590. The highest BCUT2D eigenvalue weighted by Gasteiger charge is 1.99. The predicted molar refractivity (Wildman–Crippen MR) is 86.6 cm³/mol. The third-order valence-corrected chi connectivity index (χ3v) is 3.30. The van der Waals surface area contributed by atoms with E-state index in [0.29, 0.717) is 12.3 Å². The third-order valence-electron chi connectivity index (χ3n) is 2.13. The molecule has 4 heteroatoms. The highest BCUT2D eigenvalue weighted by molar-refractivity contribution is 14.2. The predicted octanol–water partition coefficient (Wildman–Crippen LogP) is 4.44. The van der Waals surface area contributed by atoms with Crippen LogP contribution in [0.4, 0.5) is 5.69 Å². The van der Waals surface area contributed by atoms with Gasteiger partial charge in [0.15, 0.2) is 0 Å². The van der Waals surface area contributed by atoms with Crippen molar-refractivity contribution in [2.45, 2.75) is 20.3 Å². The second-order valence-electron chi connectivity index (χ2n) is 4.07. The van der Waals surface area contributed by atoms with E-state index in [4.69, 9.17) is 5.41 Å². The maximum atomic E-state index is 7.39. The van der Waals surface area contributed by atoms with Crippen molar-refractivity contribution in [2.24, 2.45) is 5.92 Å². The van der Waals surface area contributed by atoms with Gasteiger partial charge in [-0.3, -0.25) is 0 Å². The van der Waals surface area contributed by atoms with Crippen molar-refractivity contribution in [3.8, 4) is 11.8 Å². The highest BCUT2D eigenvalue weighted by Crippen LogP contribution is 2.26. The second kappa shape index (κ2) is 7.68. The van der Waals surface area contributed by atoms with Gasteiger partial charge >= 0.3 is 0 Å². The molecule has 0 heterocycles. The van der Waals surface area contributed by atoms with Gasteiger partial charge in [0, 0.05) is 35.8 Å². The number of halogens is 1. The zero-order valence-electron chi connectivity index (χ0n) is 9.97. The Balaban J connectivity index is 2.88. The summed E-state index contributed by atoms with van der Waals surface area (Å²) in [7, 11) is 0. The van der Waals surface area contributed by atoms with Crippen LogP contribution in [0.5, 0.6) is 0 Å². The SMILES string of the molecule is CC(C)CC#Cc1ccc(NPI)c(C=N)c1. The fourth-order valence-electron chi connectivity index (χ4n) is 1.28. The van der Waals surface area contributed by atoms with Gasteiger partial charge in [0.1, 0.15) is 0 Å². The largest absolute Gasteiger partial charge is 0.358 e. The van der Waals surface area contributed by atoms with Crippen LogP contribution in [0.25, 0.3) is 0 Å². The molecule has 1 atom stereocenters. The molecule has 0 aliphatic carbocycles. The quantitative estimate of drug-likeness (QED) is 0.355. The first-order valence-corrected chi connectivity index (χ1v) is 9.54. The Labute approximate surface area is 118 Å². The first kappa shape index (κ1) is 14.5. The lowest BCUT2D eigenvalue weighted by Gasteiger charge is -2.06. The van der Waals surface area contributed by atoms with Gasteiger partial charge in [-0.2, -0.15) is 0 Å². The molecule has 0 spiro atoms. The summed E-state index contributed by atoms with van der Waals surface area (Å²) in [6.45, 7) is 4.32. The third kappa shape index (κ3) is 5.06. The van der Waals surface area contributed by atoms with E-state index in [1.165, 1.54) is 6.21 Å². The minimum Gasteiger partial charge on any atom is -0.358 e. The van der Waals surface area contributed by atoms with E-state index in [0.717, 1.165) is 23.2 Å². The summed E-state index contributed by atoms with van der Waals surface area (Å²) >= 11 is 2.28. The van der Waals surface area contributed by atoms with Crippen molar-refractivity contribution < 1.29 is 0 Å². The lowest BCUT2D eigenvalue weighted by atomic mass is 10.1. The fourth-order valence-corrected chi connectivity index (χ4v) is 2.48. The van der Waals surface area contributed by atoms with E-state index < -0.39 is 0 Å². The molecule has 1 rings (SSSR count). The fraction of sp³-hybridized carbons (Fsp3) is 0.308. The van der Waals surface area contributed by atoms with E-state index in [1.807, 2.05) is 18.2 Å². The zero-order chi connectivity index (χ0) is 12.7. The molecule has 0 aromatic heterocycles. The second-order valence-corrected chi connectivity index (χ2v) is 6.12. The summed E-state index contributed by atoms with van der Waals surface area (Å²) in [5, 5.41) is 10.6. The number of anilines is 1. The van der Waals surface area contributed by atoms with Crippen LogP contribution in [-0.2, 0) is 0 Å². The minimum absolute atomic E-state index is 0.603. The van der Waals surface area contributed by atoms with Gasteiger partial charge in [-0.15, -0.1) is 0 Å². The van der Waals surface area contributed by atoms with E-state index in [1.54, 1.807) is 0 Å². The molecule has 0 saturated heterocycles. The molecule has 1 unspecified atom stereocenters. The van der Waals surface area contributed by atoms with Gasteiger partial charge in [-0.25, -0.2) is 0 Å². The van der Waals surface area contributed by atoms with Gasteiger partial charge in [0.2, 0.25) is 0 Å². The van der Waals surface area contributed by atoms with Crippen LogP contribution in [-0.4, -0.2) is 6.21 Å². The molecule has 2 nitrogen and oxygen atoms in total. The Morgan fingerprint density at radius 2 is 2.29 bits per heavy atom. The van der Waals surface area contributed by atoms with E-state index >= 15 is 0 Å². The summed E-state index contributed by atoms with van der Waals surface area (Å²) in [4.78, 5) is 0. The van der Waals surface area contributed by atoms with Crippen molar-refractivity contribution in [3.63, 3.8) is 0 Å². The molecule has 2 N–H and O–H groups in total. The molecule has 1 aromatic rings. The molecule has 17 heavy (non-hydrogen) atoms. The van der Waals surface area contributed by atoms with Gasteiger partial charge in [-0.1, -0.05) is 25.7 Å². The molecule has 0 radical (unpaired) electrons. The summed E-state index contributed by atoms with van der Waals surface area (Å²) in [6, 6.07) is 5.95. The number of hydrogen-bond acceptors (Lipinski definition) is 2. The maximum absolute atomic E-state index is 7.39. The molecule has 90 valence electrons. The first-order chi connectivity index (χ1) is 8.17. The number of benzene rings is 1. The van der Waals surface area contributed by atoms with Gasteiger partial charge in [0.25, 0.3) is 0 Å². The number of nitrogens with one attached hydrogen (secondary N) is 2. The Morgan fingerprint density at radius 1 is 1.53 bits per heavy atom. The molecule has 0 fully saturated rings. The highest BCUT2D eigenvalue weighted by atomic mass is 127. The Morgan fingerprint density at radius 3 is 2.88 bits per heavy atom. The van der Waals surface area contributed by atoms with Crippen LogP contribution in [0.1, 0.15) is 31.4 Å². The smallest absolute Gasteiger partial charge is 0.0465 e.